The molecule has 6 nitrogen and oxygen atoms in total. The van der Waals surface area contributed by atoms with Crippen LogP contribution in [0.15, 0.2) is 42.7 Å². The molecule has 1 unspecified atom stereocenters. The number of aryl methyl sites for hydroxylation is 1. The number of rotatable bonds is 8. The van der Waals surface area contributed by atoms with Crippen molar-refractivity contribution in [1.82, 2.24) is 9.78 Å². The molecule has 0 radical (unpaired) electrons. The zero-order valence-corrected chi connectivity index (χ0v) is 14.1. The Morgan fingerprint density at radius 1 is 1.25 bits per heavy atom. The van der Waals surface area contributed by atoms with E-state index in [1.54, 1.807) is 24.0 Å². The second kappa shape index (κ2) is 8.86. The van der Waals surface area contributed by atoms with Crippen molar-refractivity contribution >= 4 is 17.6 Å². The summed E-state index contributed by atoms with van der Waals surface area (Å²) < 4.78 is 7.10. The van der Waals surface area contributed by atoms with E-state index in [9.17, 15) is 9.59 Å². The molecule has 0 aliphatic heterocycles. The second-order valence-electron chi connectivity index (χ2n) is 5.73. The number of Topliss-reactive ketones (excluding diaryl/α,β-unsaturated/α-hetero) is 1. The highest BCUT2D eigenvalue weighted by molar-refractivity contribution is 5.84. The fourth-order valence-corrected chi connectivity index (χ4v) is 2.30. The highest BCUT2D eigenvalue weighted by Gasteiger charge is 2.12. The largest absolute Gasteiger partial charge is 0.441 e. The zero-order valence-electron chi connectivity index (χ0n) is 14.1. The Bertz CT molecular complexity index is 667. The van der Waals surface area contributed by atoms with Crippen molar-refractivity contribution in [3.63, 3.8) is 0 Å². The number of carbonyl (C=O) groups is 2. The van der Waals surface area contributed by atoms with E-state index in [-0.39, 0.29) is 11.9 Å². The van der Waals surface area contributed by atoms with Crippen LogP contribution in [0, 0.1) is 0 Å². The Balaban J connectivity index is 1.77. The van der Waals surface area contributed by atoms with Crippen LogP contribution >= 0.6 is 0 Å². The quantitative estimate of drug-likeness (QED) is 0.744. The summed E-state index contributed by atoms with van der Waals surface area (Å²) in [5.74, 6) is 0.202. The van der Waals surface area contributed by atoms with Crippen LogP contribution in [0.25, 0.3) is 0 Å². The van der Waals surface area contributed by atoms with E-state index in [0.717, 1.165) is 18.4 Å². The first-order valence-corrected chi connectivity index (χ1v) is 8.09. The molecule has 0 aliphatic rings. The number of carbonyl (C=O) groups excluding carboxylic acids is 2. The predicted molar refractivity (Wildman–Crippen MR) is 91.7 cm³/mol. The van der Waals surface area contributed by atoms with Crippen LogP contribution in [0.2, 0.25) is 0 Å². The highest BCUT2D eigenvalue weighted by atomic mass is 16.6. The molecule has 2 aromatic rings. The summed E-state index contributed by atoms with van der Waals surface area (Å²) in [6, 6.07) is 9.56. The molecule has 0 aliphatic carbocycles. The first kappa shape index (κ1) is 17.7. The number of ketones is 1. The molecule has 1 aromatic carbocycles. The number of nitrogens with one attached hydrogen (secondary N) is 1. The van der Waals surface area contributed by atoms with Gasteiger partial charge in [0.25, 0.3) is 0 Å². The van der Waals surface area contributed by atoms with Gasteiger partial charge in [-0.25, -0.2) is 4.79 Å². The summed E-state index contributed by atoms with van der Waals surface area (Å²) in [5.41, 5.74) is 1.53. The lowest BCUT2D eigenvalue weighted by Crippen LogP contribution is -2.15. The molecule has 0 spiro atoms. The van der Waals surface area contributed by atoms with Gasteiger partial charge < -0.3 is 9.53 Å². The van der Waals surface area contributed by atoms with Gasteiger partial charge in [-0.2, -0.15) is 5.10 Å². The van der Waals surface area contributed by atoms with Crippen molar-refractivity contribution in [2.45, 2.75) is 45.8 Å². The molecule has 2 rings (SSSR count). The van der Waals surface area contributed by atoms with Crippen LogP contribution in [-0.2, 0) is 16.1 Å². The van der Waals surface area contributed by atoms with Gasteiger partial charge in [0.05, 0.1) is 11.9 Å². The van der Waals surface area contributed by atoms with Gasteiger partial charge in [-0.15, -0.1) is 0 Å². The van der Waals surface area contributed by atoms with Crippen molar-refractivity contribution in [3.8, 4) is 0 Å². The number of ether oxygens (including phenoxy) is 1. The van der Waals surface area contributed by atoms with Crippen molar-refractivity contribution in [2.24, 2.45) is 0 Å². The molecule has 1 N–H and O–H groups in total. The smallest absolute Gasteiger partial charge is 0.412 e. The van der Waals surface area contributed by atoms with Crippen LogP contribution in [0.1, 0.15) is 44.8 Å². The first-order valence-electron chi connectivity index (χ1n) is 8.09. The number of hydrogen-bond acceptors (Lipinski definition) is 4. The fraction of sp³-hybridized carbons (Fsp3) is 0.389. The Kier molecular flexibility index (Phi) is 6.54. The van der Waals surface area contributed by atoms with Crippen molar-refractivity contribution in [3.05, 3.63) is 48.3 Å². The molecule has 0 bridgehead atoms. The maximum atomic E-state index is 11.9. The molecule has 1 atom stereocenters. The van der Waals surface area contributed by atoms with Gasteiger partial charge >= 0.3 is 6.09 Å². The lowest BCUT2D eigenvalue weighted by atomic mass is 10.1. The minimum atomic E-state index is -0.512. The first-order chi connectivity index (χ1) is 11.5. The standard InChI is InChI=1S/C18H23N3O3/c1-14(22)8-6-7-11-21-13-17(12-19-21)20-18(23)24-15(2)16-9-4-3-5-10-16/h3-5,9-10,12-13,15H,6-8,11H2,1-2H3,(H,20,23). The van der Waals surface area contributed by atoms with E-state index in [2.05, 4.69) is 10.4 Å². The molecule has 24 heavy (non-hydrogen) atoms. The van der Waals surface area contributed by atoms with E-state index in [0.29, 0.717) is 18.7 Å². The van der Waals surface area contributed by atoms with Gasteiger partial charge in [-0.1, -0.05) is 30.3 Å². The average molecular weight is 329 g/mol. The summed E-state index contributed by atoms with van der Waals surface area (Å²) in [5, 5.41) is 6.86. The molecule has 1 amide bonds. The third-order valence-electron chi connectivity index (χ3n) is 3.60. The molecule has 0 fully saturated rings. The van der Waals surface area contributed by atoms with Crippen molar-refractivity contribution in [2.75, 3.05) is 5.32 Å². The van der Waals surface area contributed by atoms with Gasteiger partial charge in [0.15, 0.2) is 0 Å². The van der Waals surface area contributed by atoms with Crippen LogP contribution in [0.5, 0.6) is 0 Å². The highest BCUT2D eigenvalue weighted by Crippen LogP contribution is 2.17. The summed E-state index contributed by atoms with van der Waals surface area (Å²) in [7, 11) is 0. The topological polar surface area (TPSA) is 73.2 Å². The SMILES string of the molecule is CC(=O)CCCCn1cc(NC(=O)OC(C)c2ccccc2)cn1. The minimum absolute atomic E-state index is 0.202. The fourth-order valence-electron chi connectivity index (χ4n) is 2.30. The van der Waals surface area contributed by atoms with E-state index < -0.39 is 6.09 Å². The average Bonchev–Trinajstić information content (AvgIpc) is 2.99. The number of hydrogen-bond donors (Lipinski definition) is 1. The molecule has 0 saturated carbocycles. The van der Waals surface area contributed by atoms with Gasteiger partial charge in [0, 0.05) is 19.2 Å². The molecule has 1 heterocycles. The molecule has 1 aromatic heterocycles. The van der Waals surface area contributed by atoms with E-state index >= 15 is 0 Å². The molecule has 6 heteroatoms. The van der Waals surface area contributed by atoms with Crippen molar-refractivity contribution < 1.29 is 14.3 Å². The van der Waals surface area contributed by atoms with E-state index in [1.165, 1.54) is 0 Å². The maximum Gasteiger partial charge on any atom is 0.412 e. The third kappa shape index (κ3) is 5.87. The maximum absolute atomic E-state index is 11.9. The van der Waals surface area contributed by atoms with Crippen LogP contribution in [0.3, 0.4) is 0 Å². The summed E-state index contributed by atoms with van der Waals surface area (Å²) in [6.07, 6.45) is 4.80. The van der Waals surface area contributed by atoms with Gasteiger partial charge in [0.2, 0.25) is 0 Å². The Morgan fingerprint density at radius 3 is 2.71 bits per heavy atom. The van der Waals surface area contributed by atoms with Crippen LogP contribution in [0.4, 0.5) is 10.5 Å². The summed E-state index contributed by atoms with van der Waals surface area (Å²) in [6.45, 7) is 4.13. The van der Waals surface area contributed by atoms with Crippen LogP contribution in [-0.4, -0.2) is 21.7 Å². The van der Waals surface area contributed by atoms with Gasteiger partial charge in [0.1, 0.15) is 11.9 Å². The number of unbranched alkanes of at least 4 members (excludes halogenated alkanes) is 1. The second-order valence-corrected chi connectivity index (χ2v) is 5.73. The van der Waals surface area contributed by atoms with Crippen molar-refractivity contribution in [1.29, 1.82) is 0 Å². The lowest BCUT2D eigenvalue weighted by Gasteiger charge is -2.13. The lowest BCUT2D eigenvalue weighted by molar-refractivity contribution is -0.117. The predicted octanol–water partition coefficient (Wildman–Crippen LogP) is 3.95. The minimum Gasteiger partial charge on any atom is -0.441 e. The Labute approximate surface area is 141 Å². The molecular weight excluding hydrogens is 306 g/mol. The summed E-state index contributed by atoms with van der Waals surface area (Å²) in [4.78, 5) is 22.8. The normalized spacial score (nSPS) is 11.8. The van der Waals surface area contributed by atoms with Gasteiger partial charge in [-0.05, 0) is 32.3 Å². The summed E-state index contributed by atoms with van der Waals surface area (Å²) >= 11 is 0. The number of amides is 1. The van der Waals surface area contributed by atoms with E-state index in [1.807, 2.05) is 37.3 Å². The Hall–Kier alpha value is -2.63. The third-order valence-corrected chi connectivity index (χ3v) is 3.60. The molecule has 0 saturated heterocycles. The van der Waals surface area contributed by atoms with Crippen LogP contribution < -0.4 is 5.32 Å². The number of benzene rings is 1. The van der Waals surface area contributed by atoms with E-state index in [4.69, 9.17) is 4.74 Å². The zero-order chi connectivity index (χ0) is 17.4. The van der Waals surface area contributed by atoms with Gasteiger partial charge in [-0.3, -0.25) is 10.00 Å². The number of aromatic nitrogens is 2. The number of nitrogens with zero attached hydrogens (tertiary/aromatic N) is 2. The molecular formula is C18H23N3O3. The molecule has 128 valence electrons. The Morgan fingerprint density at radius 2 is 2.00 bits per heavy atom. The monoisotopic (exact) mass is 329 g/mol. The number of anilines is 1.